The largest absolute Gasteiger partial charge is 0.469 e. The van der Waals surface area contributed by atoms with E-state index in [-0.39, 0.29) is 19.4 Å². The number of allylic oxidation sites excluding steroid dienone is 4. The minimum absolute atomic E-state index is 0.191. The van der Waals surface area contributed by atoms with Gasteiger partial charge in [-0.25, -0.2) is 4.57 Å². The van der Waals surface area contributed by atoms with Crippen LogP contribution < -0.4 is 0 Å². The van der Waals surface area contributed by atoms with Crippen molar-refractivity contribution in [2.45, 2.75) is 174 Å². The molecule has 0 heterocycles. The van der Waals surface area contributed by atoms with Crippen LogP contribution in [-0.2, 0) is 28.2 Å². The van der Waals surface area contributed by atoms with Gasteiger partial charge in [-0.2, -0.15) is 0 Å². The van der Waals surface area contributed by atoms with Gasteiger partial charge in [-0.05, 0) is 64.2 Å². The Morgan fingerprint density at radius 3 is 1.43 bits per heavy atom. The van der Waals surface area contributed by atoms with E-state index in [1.165, 1.54) is 70.6 Å². The highest BCUT2D eigenvalue weighted by atomic mass is 31.2. The Balaban J connectivity index is 4.03. The van der Waals surface area contributed by atoms with Crippen LogP contribution in [0.1, 0.15) is 168 Å². The first-order valence-corrected chi connectivity index (χ1v) is 19.2. The molecule has 8 nitrogen and oxygen atoms in total. The van der Waals surface area contributed by atoms with Gasteiger partial charge in [0.15, 0.2) is 6.10 Å². The smallest absolute Gasteiger partial charge is 0.462 e. The first-order valence-electron chi connectivity index (χ1n) is 17.6. The third-order valence-corrected chi connectivity index (χ3v) is 7.93. The molecule has 44 heavy (non-hydrogen) atoms. The van der Waals surface area contributed by atoms with Gasteiger partial charge in [-0.1, -0.05) is 115 Å². The highest BCUT2D eigenvalue weighted by Gasteiger charge is 2.22. The zero-order valence-electron chi connectivity index (χ0n) is 28.1. The van der Waals surface area contributed by atoms with Crippen molar-refractivity contribution in [3.05, 3.63) is 24.3 Å². The molecule has 0 aromatic rings. The molecule has 0 rings (SSSR count). The van der Waals surface area contributed by atoms with Gasteiger partial charge in [-0.3, -0.25) is 14.1 Å². The number of phosphoric acid groups is 1. The zero-order valence-corrected chi connectivity index (χ0v) is 29.0. The molecule has 0 saturated carbocycles. The summed E-state index contributed by atoms with van der Waals surface area (Å²) in [6, 6.07) is 0. The number of ether oxygens (including phenoxy) is 2. The number of esters is 2. The normalized spacial score (nSPS) is 12.7. The molecule has 258 valence electrons. The quantitative estimate of drug-likeness (QED) is 0.0321. The third kappa shape index (κ3) is 33.4. The number of carbonyl (C=O) groups excluding carboxylic acids is 2. The van der Waals surface area contributed by atoms with Gasteiger partial charge in [0.25, 0.3) is 0 Å². The van der Waals surface area contributed by atoms with E-state index in [4.69, 9.17) is 19.3 Å². The molecule has 0 unspecified atom stereocenters. The Kier molecular flexibility index (Phi) is 30.5. The van der Waals surface area contributed by atoms with Crippen LogP contribution in [0.5, 0.6) is 0 Å². The van der Waals surface area contributed by atoms with E-state index >= 15 is 0 Å². The van der Waals surface area contributed by atoms with Gasteiger partial charge in [0.1, 0.15) is 6.61 Å². The molecule has 0 aliphatic rings. The topological polar surface area (TPSA) is 119 Å². The average molecular weight is 645 g/mol. The molecule has 0 aliphatic heterocycles. The number of rotatable bonds is 32. The summed E-state index contributed by atoms with van der Waals surface area (Å²) in [6.07, 6.45) is 33.3. The standard InChI is InChI=1S/C35H65O8P/c1-3-5-7-9-11-13-15-17-19-21-23-25-27-29-34(36)41-31-33(32-42-44(38,39)40)43-35(37)30-28-26-24-22-20-18-16-14-12-10-8-6-4-2/h13,15,18,20,33H,3-12,14,16-17,19,21-32H2,1-2H3,(H2,38,39,40)/b15-13+,20-18+/t33-/m1/s1. The average Bonchev–Trinajstić information content (AvgIpc) is 2.98. The molecule has 0 radical (unpaired) electrons. The number of hydrogen-bond donors (Lipinski definition) is 2. The zero-order chi connectivity index (χ0) is 32.6. The van der Waals surface area contributed by atoms with E-state index in [0.717, 1.165) is 57.8 Å². The fraction of sp³-hybridized carbons (Fsp3) is 0.829. The Morgan fingerprint density at radius 1 is 0.568 bits per heavy atom. The van der Waals surface area contributed by atoms with Crippen molar-refractivity contribution in [2.75, 3.05) is 13.2 Å². The van der Waals surface area contributed by atoms with Crippen LogP contribution in [0.15, 0.2) is 24.3 Å². The monoisotopic (exact) mass is 644 g/mol. The molecule has 0 aromatic heterocycles. The summed E-state index contributed by atoms with van der Waals surface area (Å²) in [6.45, 7) is 3.62. The number of carbonyl (C=O) groups is 2. The number of unbranched alkanes of at least 4 members (excludes halogenated alkanes) is 18. The van der Waals surface area contributed by atoms with Gasteiger partial charge in [0.05, 0.1) is 6.61 Å². The molecule has 9 heteroatoms. The fourth-order valence-electron chi connectivity index (χ4n) is 4.77. The molecule has 1 atom stereocenters. The van der Waals surface area contributed by atoms with E-state index in [0.29, 0.717) is 12.8 Å². The van der Waals surface area contributed by atoms with E-state index < -0.39 is 32.5 Å². The molecule has 0 bridgehead atoms. The van der Waals surface area contributed by atoms with E-state index in [1.807, 2.05) is 0 Å². The summed E-state index contributed by atoms with van der Waals surface area (Å²) in [4.78, 5) is 42.5. The van der Waals surface area contributed by atoms with Crippen molar-refractivity contribution in [1.82, 2.24) is 0 Å². The van der Waals surface area contributed by atoms with Crippen LogP contribution in [0.25, 0.3) is 0 Å². The highest BCUT2D eigenvalue weighted by molar-refractivity contribution is 7.46. The maximum atomic E-state index is 12.3. The lowest BCUT2D eigenvalue weighted by Crippen LogP contribution is -2.29. The Morgan fingerprint density at radius 2 is 0.955 bits per heavy atom. The molecule has 0 saturated heterocycles. The second-order valence-electron chi connectivity index (χ2n) is 11.8. The van der Waals surface area contributed by atoms with Crippen LogP contribution in [0.3, 0.4) is 0 Å². The predicted octanol–water partition coefficient (Wildman–Crippen LogP) is 10.1. The summed E-state index contributed by atoms with van der Waals surface area (Å²) < 4.78 is 26.2. The second kappa shape index (κ2) is 31.5. The maximum absolute atomic E-state index is 12.3. The summed E-state index contributed by atoms with van der Waals surface area (Å²) in [7, 11) is -4.75. The Hall–Kier alpha value is -1.47. The molecule has 0 aliphatic carbocycles. The Labute approximate surface area is 269 Å². The summed E-state index contributed by atoms with van der Waals surface area (Å²) in [5.74, 6) is -0.914. The Bertz CT molecular complexity index is 777. The minimum atomic E-state index is -4.75. The molecule has 2 N–H and O–H groups in total. The van der Waals surface area contributed by atoms with Crippen LogP contribution in [0.2, 0.25) is 0 Å². The highest BCUT2D eigenvalue weighted by Crippen LogP contribution is 2.35. The first-order chi connectivity index (χ1) is 21.3. The van der Waals surface area contributed by atoms with Crippen LogP contribution in [0.4, 0.5) is 0 Å². The molecule has 0 amide bonds. The maximum Gasteiger partial charge on any atom is 0.469 e. The molecule has 0 fully saturated rings. The SMILES string of the molecule is CCCCCC/C=C/CCCCCCCC(=O)OC[C@H](COP(=O)(O)O)OC(=O)CCCCC/C=C/CCCCCCCC. The summed E-state index contributed by atoms with van der Waals surface area (Å²) in [5, 5.41) is 0. The van der Waals surface area contributed by atoms with Crippen molar-refractivity contribution in [3.63, 3.8) is 0 Å². The van der Waals surface area contributed by atoms with Crippen molar-refractivity contribution in [3.8, 4) is 0 Å². The minimum Gasteiger partial charge on any atom is -0.462 e. The van der Waals surface area contributed by atoms with Gasteiger partial charge in [0.2, 0.25) is 0 Å². The van der Waals surface area contributed by atoms with Gasteiger partial charge in [-0.15, -0.1) is 0 Å². The lowest BCUT2D eigenvalue weighted by atomic mass is 10.1. The molecule has 0 spiro atoms. The second-order valence-corrected chi connectivity index (χ2v) is 13.1. The third-order valence-electron chi connectivity index (χ3n) is 7.44. The van der Waals surface area contributed by atoms with Gasteiger partial charge < -0.3 is 19.3 Å². The van der Waals surface area contributed by atoms with Gasteiger partial charge in [0, 0.05) is 12.8 Å². The van der Waals surface area contributed by atoms with E-state index in [9.17, 15) is 14.2 Å². The molecular weight excluding hydrogens is 579 g/mol. The lowest BCUT2D eigenvalue weighted by molar-refractivity contribution is -0.161. The van der Waals surface area contributed by atoms with E-state index in [1.54, 1.807) is 0 Å². The number of phosphoric ester groups is 1. The van der Waals surface area contributed by atoms with E-state index in [2.05, 4.69) is 42.7 Å². The van der Waals surface area contributed by atoms with Crippen molar-refractivity contribution < 1.29 is 37.9 Å². The van der Waals surface area contributed by atoms with Crippen LogP contribution in [-0.4, -0.2) is 41.0 Å². The summed E-state index contributed by atoms with van der Waals surface area (Å²) in [5.41, 5.74) is 0. The first kappa shape index (κ1) is 42.5. The molecular formula is C35H65O8P. The lowest BCUT2D eigenvalue weighted by Gasteiger charge is -2.18. The predicted molar refractivity (Wildman–Crippen MR) is 179 cm³/mol. The van der Waals surface area contributed by atoms with Gasteiger partial charge >= 0.3 is 19.8 Å². The fourth-order valence-corrected chi connectivity index (χ4v) is 5.13. The van der Waals surface area contributed by atoms with Crippen molar-refractivity contribution in [1.29, 1.82) is 0 Å². The van der Waals surface area contributed by atoms with Crippen molar-refractivity contribution >= 4 is 19.8 Å². The number of hydrogen-bond acceptors (Lipinski definition) is 6. The summed E-state index contributed by atoms with van der Waals surface area (Å²) >= 11 is 0. The van der Waals surface area contributed by atoms with Crippen LogP contribution in [0, 0.1) is 0 Å². The molecule has 0 aromatic carbocycles. The van der Waals surface area contributed by atoms with Crippen LogP contribution >= 0.6 is 7.82 Å². The van der Waals surface area contributed by atoms with Crippen molar-refractivity contribution in [2.24, 2.45) is 0 Å².